The molecule has 0 saturated heterocycles. The summed E-state index contributed by atoms with van der Waals surface area (Å²) in [5, 5.41) is 3.70. The highest BCUT2D eigenvalue weighted by Crippen LogP contribution is 2.50. The molecule has 0 amide bonds. The average molecular weight is 448 g/mol. The molecule has 1 heterocycles. The van der Waals surface area contributed by atoms with Crippen molar-refractivity contribution in [3.8, 4) is 5.69 Å². The van der Waals surface area contributed by atoms with Gasteiger partial charge in [-0.3, -0.25) is 4.74 Å². The van der Waals surface area contributed by atoms with Crippen molar-refractivity contribution in [1.82, 2.24) is 9.55 Å². The van der Waals surface area contributed by atoms with Crippen LogP contribution in [0.15, 0.2) is 126 Å². The van der Waals surface area contributed by atoms with Crippen molar-refractivity contribution < 1.29 is 0 Å². The molecular weight excluding hydrogens is 421 g/mol. The van der Waals surface area contributed by atoms with E-state index in [4.69, 9.17) is 4.74 Å². The minimum atomic E-state index is -2.34. The van der Waals surface area contributed by atoms with Gasteiger partial charge in [0.2, 0.25) is 0 Å². The van der Waals surface area contributed by atoms with Crippen LogP contribution in [0.25, 0.3) is 5.69 Å². The van der Waals surface area contributed by atoms with Gasteiger partial charge < -0.3 is 4.57 Å². The van der Waals surface area contributed by atoms with Crippen LogP contribution in [0.3, 0.4) is 0 Å². The summed E-state index contributed by atoms with van der Waals surface area (Å²) in [6.45, 7) is 4.07. The molecule has 4 aromatic carbocycles. The smallest absolute Gasteiger partial charge is 0.110 e. The lowest BCUT2D eigenvalue weighted by Crippen LogP contribution is -2.25. The molecule has 0 aliphatic heterocycles. The number of para-hydroxylation sites is 1. The Morgan fingerprint density at radius 1 is 0.606 bits per heavy atom. The molecule has 0 fully saturated rings. The van der Waals surface area contributed by atoms with Crippen LogP contribution in [0.2, 0.25) is 0 Å². The van der Waals surface area contributed by atoms with Crippen molar-refractivity contribution in [1.29, 1.82) is 0 Å². The first-order valence-corrected chi connectivity index (χ1v) is 12.8. The monoisotopic (exact) mass is 447 g/mol. The normalized spacial score (nSPS) is 11.3. The van der Waals surface area contributed by atoms with Gasteiger partial charge in [-0.25, -0.2) is 4.98 Å². The molecule has 0 aliphatic carbocycles. The molecule has 0 radical (unpaired) electrons. The lowest BCUT2D eigenvalue weighted by molar-refractivity contribution is 0.974. The van der Waals surface area contributed by atoms with Crippen LogP contribution in [-0.2, 0) is 0 Å². The summed E-state index contributed by atoms with van der Waals surface area (Å²) < 4.78 is 7.83. The van der Waals surface area contributed by atoms with Crippen LogP contribution in [0.1, 0.15) is 11.5 Å². The van der Waals surface area contributed by atoms with Gasteiger partial charge in [0.25, 0.3) is 0 Å². The Kier molecular flexibility index (Phi) is 5.81. The first-order valence-electron chi connectivity index (χ1n) is 11.1. The highest BCUT2D eigenvalue weighted by atomic mass is 31.2. The van der Waals surface area contributed by atoms with Crippen molar-refractivity contribution in [3.05, 3.63) is 133 Å². The molecule has 33 heavy (non-hydrogen) atoms. The van der Waals surface area contributed by atoms with Crippen molar-refractivity contribution in [2.24, 2.45) is 4.74 Å². The first kappa shape index (κ1) is 21.2. The number of rotatable bonds is 5. The van der Waals surface area contributed by atoms with E-state index >= 15 is 0 Å². The predicted octanol–water partition coefficient (Wildman–Crippen LogP) is 6.30. The Morgan fingerprint density at radius 3 is 1.52 bits per heavy atom. The van der Waals surface area contributed by atoms with E-state index in [0.29, 0.717) is 0 Å². The highest BCUT2D eigenvalue weighted by Gasteiger charge is 2.28. The summed E-state index contributed by atoms with van der Waals surface area (Å²) in [5.41, 5.74) is 3.00. The molecule has 0 spiro atoms. The SMILES string of the molecule is Cc1cn(-c2ccccc2N=P(c2ccccc2)(c2ccccc2)c2ccccc2)c(C)n1. The summed E-state index contributed by atoms with van der Waals surface area (Å²) in [4.78, 5) is 4.63. The van der Waals surface area contributed by atoms with Crippen LogP contribution < -0.4 is 15.9 Å². The Balaban J connectivity index is 1.91. The number of hydrogen-bond donors (Lipinski definition) is 0. The maximum absolute atomic E-state index is 5.69. The first-order chi connectivity index (χ1) is 16.2. The summed E-state index contributed by atoms with van der Waals surface area (Å²) >= 11 is 0. The molecule has 0 atom stereocenters. The third-order valence-corrected chi connectivity index (χ3v) is 9.44. The van der Waals surface area contributed by atoms with Crippen molar-refractivity contribution in [2.45, 2.75) is 13.8 Å². The Bertz CT molecular complexity index is 1320. The third-order valence-electron chi connectivity index (χ3n) is 5.79. The number of aryl methyl sites for hydroxylation is 2. The van der Waals surface area contributed by atoms with Gasteiger partial charge in [-0.1, -0.05) is 103 Å². The van der Waals surface area contributed by atoms with Gasteiger partial charge in [0.15, 0.2) is 0 Å². The summed E-state index contributed by atoms with van der Waals surface area (Å²) in [5.74, 6) is 0.957. The summed E-state index contributed by atoms with van der Waals surface area (Å²) in [6, 6.07) is 40.5. The quantitative estimate of drug-likeness (QED) is 0.291. The van der Waals surface area contributed by atoms with E-state index in [9.17, 15) is 0 Å². The molecular formula is C29H26N3P. The molecule has 0 aliphatic rings. The molecule has 5 rings (SSSR count). The van der Waals surface area contributed by atoms with Gasteiger partial charge in [-0.05, 0) is 26.0 Å². The maximum atomic E-state index is 5.69. The minimum absolute atomic E-state index is 0.957. The number of imidazole rings is 1. The second-order valence-corrected chi connectivity index (χ2v) is 11.1. The molecule has 3 nitrogen and oxygen atoms in total. The average Bonchev–Trinajstić information content (AvgIpc) is 3.22. The highest BCUT2D eigenvalue weighted by molar-refractivity contribution is 7.87. The molecule has 0 bridgehead atoms. The summed E-state index contributed by atoms with van der Waals surface area (Å²) in [6.07, 6.45) is 2.08. The maximum Gasteiger partial charge on any atom is 0.110 e. The zero-order valence-electron chi connectivity index (χ0n) is 18.8. The lowest BCUT2D eigenvalue weighted by Gasteiger charge is -2.27. The molecule has 162 valence electrons. The number of nitrogens with zero attached hydrogens (tertiary/aromatic N) is 3. The van der Waals surface area contributed by atoms with Crippen molar-refractivity contribution in [2.75, 3.05) is 0 Å². The van der Waals surface area contributed by atoms with E-state index in [-0.39, 0.29) is 0 Å². The van der Waals surface area contributed by atoms with Gasteiger partial charge >= 0.3 is 0 Å². The van der Waals surface area contributed by atoms with E-state index in [2.05, 4.69) is 131 Å². The van der Waals surface area contributed by atoms with Crippen molar-refractivity contribution >= 4 is 28.7 Å². The van der Waals surface area contributed by atoms with Crippen LogP contribution >= 0.6 is 7.05 Å². The molecule has 0 unspecified atom stereocenters. The van der Waals surface area contributed by atoms with Gasteiger partial charge in [0, 0.05) is 22.1 Å². The number of hydrogen-bond acceptors (Lipinski definition) is 2. The molecule has 0 N–H and O–H groups in total. The van der Waals surface area contributed by atoms with E-state index in [1.807, 2.05) is 13.8 Å². The van der Waals surface area contributed by atoms with Crippen LogP contribution in [0, 0.1) is 13.8 Å². The Labute approximate surface area is 195 Å². The van der Waals surface area contributed by atoms with Gasteiger partial charge in [0.05, 0.1) is 24.1 Å². The molecule has 4 heteroatoms. The van der Waals surface area contributed by atoms with E-state index in [0.717, 1.165) is 22.9 Å². The largest absolute Gasteiger partial charge is 0.302 e. The predicted molar refractivity (Wildman–Crippen MR) is 140 cm³/mol. The zero-order chi connectivity index (χ0) is 22.7. The fourth-order valence-electron chi connectivity index (χ4n) is 4.33. The second-order valence-electron chi connectivity index (χ2n) is 8.03. The van der Waals surface area contributed by atoms with E-state index < -0.39 is 7.05 Å². The fourth-order valence-corrected chi connectivity index (χ4v) is 7.87. The van der Waals surface area contributed by atoms with Crippen LogP contribution in [-0.4, -0.2) is 9.55 Å². The topological polar surface area (TPSA) is 30.2 Å². The van der Waals surface area contributed by atoms with Gasteiger partial charge in [-0.15, -0.1) is 0 Å². The van der Waals surface area contributed by atoms with Gasteiger partial charge in [-0.2, -0.15) is 0 Å². The third kappa shape index (κ3) is 3.97. The summed E-state index contributed by atoms with van der Waals surface area (Å²) in [7, 11) is -2.34. The molecule has 0 saturated carbocycles. The molecule has 1 aromatic heterocycles. The Hall–Kier alpha value is -3.68. The van der Waals surface area contributed by atoms with E-state index in [1.165, 1.54) is 15.9 Å². The van der Waals surface area contributed by atoms with Gasteiger partial charge in [0.1, 0.15) is 5.82 Å². The second kappa shape index (κ2) is 9.05. The fraction of sp³-hybridized carbons (Fsp3) is 0.0690. The standard InChI is InChI=1S/C29H26N3P/c1-23-22-32(24(2)30-23)29-21-13-12-20-28(29)31-33(25-14-6-3-7-15-25,26-16-8-4-9-17-26)27-18-10-5-11-19-27/h3-22H,1-2H3. The minimum Gasteiger partial charge on any atom is -0.302 e. The number of aromatic nitrogens is 2. The number of benzene rings is 4. The Morgan fingerprint density at radius 2 is 1.06 bits per heavy atom. The van der Waals surface area contributed by atoms with E-state index in [1.54, 1.807) is 0 Å². The lowest BCUT2D eigenvalue weighted by atomic mass is 10.2. The zero-order valence-corrected chi connectivity index (χ0v) is 19.7. The van der Waals surface area contributed by atoms with Crippen LogP contribution in [0.4, 0.5) is 5.69 Å². The van der Waals surface area contributed by atoms with Crippen LogP contribution in [0.5, 0.6) is 0 Å². The van der Waals surface area contributed by atoms with Crippen molar-refractivity contribution in [3.63, 3.8) is 0 Å². The molecule has 5 aromatic rings.